The summed E-state index contributed by atoms with van der Waals surface area (Å²) in [4.78, 5) is 11.5. The van der Waals surface area contributed by atoms with Crippen molar-refractivity contribution in [2.24, 2.45) is 0 Å². The summed E-state index contributed by atoms with van der Waals surface area (Å²) in [7, 11) is 0. The number of phenols is 1. The molecule has 0 aliphatic heterocycles. The van der Waals surface area contributed by atoms with E-state index >= 15 is 0 Å². The molecule has 0 fully saturated rings. The van der Waals surface area contributed by atoms with E-state index in [0.29, 0.717) is 13.0 Å². The Bertz CT molecular complexity index is 494. The zero-order chi connectivity index (χ0) is 13.5. The topological polar surface area (TPSA) is 93.3 Å². The number of allylic oxidation sites excluding steroid dienone is 1. The van der Waals surface area contributed by atoms with Crippen LogP contribution in [-0.2, 0) is 11.2 Å². The third-order valence-electron chi connectivity index (χ3n) is 2.34. The maximum absolute atomic E-state index is 11.5. The van der Waals surface area contributed by atoms with Crippen LogP contribution in [0.15, 0.2) is 35.6 Å². The Hall–Kier alpha value is -2.48. The molecule has 18 heavy (non-hydrogen) atoms. The van der Waals surface area contributed by atoms with Crippen molar-refractivity contribution < 1.29 is 15.0 Å². The van der Waals surface area contributed by atoms with Gasteiger partial charge in [-0.2, -0.15) is 5.26 Å². The first-order valence-corrected chi connectivity index (χ1v) is 5.40. The van der Waals surface area contributed by atoms with Crippen molar-refractivity contribution in [3.8, 4) is 11.8 Å². The fourth-order valence-corrected chi connectivity index (χ4v) is 1.37. The monoisotopic (exact) mass is 246 g/mol. The van der Waals surface area contributed by atoms with Crippen molar-refractivity contribution in [1.82, 2.24) is 5.32 Å². The average molecular weight is 246 g/mol. The average Bonchev–Trinajstić information content (AvgIpc) is 2.32. The number of nitriles is 1. The summed E-state index contributed by atoms with van der Waals surface area (Å²) < 4.78 is 0. The quantitative estimate of drug-likeness (QED) is 0.425. The first kappa shape index (κ1) is 13.6. The standard InChI is InChI=1S/C13H14N2O3/c1-9(16)12(8-14)13(18)15-7-6-10-2-4-11(17)5-3-10/h2-5,16-17H,6-7H2,1H3,(H,15,18). The number of hydrogen-bond donors (Lipinski definition) is 3. The first-order chi connectivity index (χ1) is 8.54. The van der Waals surface area contributed by atoms with Crippen molar-refractivity contribution in [3.63, 3.8) is 0 Å². The Morgan fingerprint density at radius 3 is 2.50 bits per heavy atom. The van der Waals surface area contributed by atoms with Gasteiger partial charge in [-0.05, 0) is 31.0 Å². The molecule has 0 heterocycles. The Kier molecular flexibility index (Phi) is 4.76. The summed E-state index contributed by atoms with van der Waals surface area (Å²) in [6.07, 6.45) is 0.579. The number of nitrogens with zero attached hydrogens (tertiary/aromatic N) is 1. The van der Waals surface area contributed by atoms with Gasteiger partial charge in [0.25, 0.3) is 5.91 Å². The largest absolute Gasteiger partial charge is 0.511 e. The molecule has 5 nitrogen and oxygen atoms in total. The van der Waals surface area contributed by atoms with Gasteiger partial charge in [-0.15, -0.1) is 0 Å². The lowest BCUT2D eigenvalue weighted by Crippen LogP contribution is -2.27. The van der Waals surface area contributed by atoms with Crippen molar-refractivity contribution in [1.29, 1.82) is 5.26 Å². The number of nitrogens with one attached hydrogen (secondary N) is 1. The molecule has 1 aromatic carbocycles. The van der Waals surface area contributed by atoms with Crippen molar-refractivity contribution in [3.05, 3.63) is 41.2 Å². The lowest BCUT2D eigenvalue weighted by molar-refractivity contribution is -0.117. The molecular weight excluding hydrogens is 232 g/mol. The number of carbonyl (C=O) groups excluding carboxylic acids is 1. The van der Waals surface area contributed by atoms with Crippen LogP contribution in [0.4, 0.5) is 0 Å². The maximum atomic E-state index is 11.5. The molecule has 1 rings (SSSR count). The highest BCUT2D eigenvalue weighted by Gasteiger charge is 2.11. The molecule has 0 spiro atoms. The molecule has 0 unspecified atom stereocenters. The van der Waals surface area contributed by atoms with E-state index in [0.717, 1.165) is 5.56 Å². The molecular formula is C13H14N2O3. The van der Waals surface area contributed by atoms with Gasteiger partial charge < -0.3 is 15.5 Å². The number of hydrogen-bond acceptors (Lipinski definition) is 4. The minimum atomic E-state index is -0.587. The molecule has 0 saturated heterocycles. The number of benzene rings is 1. The molecule has 5 heteroatoms. The summed E-state index contributed by atoms with van der Waals surface area (Å²) in [5, 5.41) is 29.4. The molecule has 0 aliphatic rings. The van der Waals surface area contributed by atoms with Gasteiger partial charge in [-0.3, -0.25) is 4.79 Å². The van der Waals surface area contributed by atoms with Crippen LogP contribution in [0.25, 0.3) is 0 Å². The number of aliphatic hydroxyl groups is 1. The molecule has 0 aromatic heterocycles. The smallest absolute Gasteiger partial charge is 0.265 e. The van der Waals surface area contributed by atoms with Crippen molar-refractivity contribution >= 4 is 5.91 Å². The fraction of sp³-hybridized carbons (Fsp3) is 0.231. The van der Waals surface area contributed by atoms with E-state index in [9.17, 15) is 4.79 Å². The third kappa shape index (κ3) is 3.83. The normalized spacial score (nSPS) is 11.3. The van der Waals surface area contributed by atoms with Gasteiger partial charge in [0, 0.05) is 6.54 Å². The van der Waals surface area contributed by atoms with E-state index in [1.54, 1.807) is 30.3 Å². The van der Waals surface area contributed by atoms with E-state index in [-0.39, 0.29) is 17.1 Å². The van der Waals surface area contributed by atoms with E-state index in [1.807, 2.05) is 0 Å². The molecule has 0 radical (unpaired) electrons. The van der Waals surface area contributed by atoms with Crippen LogP contribution in [0, 0.1) is 11.3 Å². The van der Waals surface area contributed by atoms with Crippen LogP contribution in [0.1, 0.15) is 12.5 Å². The molecule has 3 N–H and O–H groups in total. The van der Waals surface area contributed by atoms with Crippen LogP contribution in [-0.4, -0.2) is 22.7 Å². The number of phenolic OH excluding ortho intramolecular Hbond substituents is 1. The predicted molar refractivity (Wildman–Crippen MR) is 65.8 cm³/mol. The zero-order valence-electron chi connectivity index (χ0n) is 9.97. The number of rotatable bonds is 4. The Balaban J connectivity index is 2.48. The molecule has 0 saturated carbocycles. The van der Waals surface area contributed by atoms with E-state index < -0.39 is 5.91 Å². The fourth-order valence-electron chi connectivity index (χ4n) is 1.37. The van der Waals surface area contributed by atoms with Crippen LogP contribution < -0.4 is 5.32 Å². The Labute approximate surface area is 105 Å². The first-order valence-electron chi connectivity index (χ1n) is 5.40. The SMILES string of the molecule is CC(O)=C(C#N)C(=O)NCCc1ccc(O)cc1. The number of aliphatic hydroxyl groups excluding tert-OH is 1. The second-order valence-electron chi connectivity index (χ2n) is 3.74. The highest BCUT2D eigenvalue weighted by molar-refractivity contribution is 5.97. The van der Waals surface area contributed by atoms with Gasteiger partial charge in [-0.25, -0.2) is 0 Å². The van der Waals surface area contributed by atoms with Gasteiger partial charge in [0.2, 0.25) is 0 Å². The van der Waals surface area contributed by atoms with Crippen LogP contribution in [0.3, 0.4) is 0 Å². The second kappa shape index (κ2) is 6.30. The molecule has 1 amide bonds. The van der Waals surface area contributed by atoms with Gasteiger partial charge in [0.15, 0.2) is 5.57 Å². The molecule has 1 aromatic rings. The highest BCUT2D eigenvalue weighted by Crippen LogP contribution is 2.09. The van der Waals surface area contributed by atoms with Crippen LogP contribution in [0.2, 0.25) is 0 Å². The number of carbonyl (C=O) groups is 1. The Morgan fingerprint density at radius 2 is 2.00 bits per heavy atom. The van der Waals surface area contributed by atoms with E-state index in [2.05, 4.69) is 5.32 Å². The summed E-state index contributed by atoms with van der Waals surface area (Å²) in [5.41, 5.74) is 0.678. The lowest BCUT2D eigenvalue weighted by Gasteiger charge is -2.05. The molecule has 94 valence electrons. The lowest BCUT2D eigenvalue weighted by atomic mass is 10.1. The minimum Gasteiger partial charge on any atom is -0.511 e. The molecule has 0 atom stereocenters. The number of amides is 1. The highest BCUT2D eigenvalue weighted by atomic mass is 16.3. The third-order valence-corrected chi connectivity index (χ3v) is 2.34. The minimum absolute atomic E-state index is 0.188. The van der Waals surface area contributed by atoms with Crippen molar-refractivity contribution in [2.75, 3.05) is 6.54 Å². The molecule has 0 bridgehead atoms. The molecule has 0 aliphatic carbocycles. The predicted octanol–water partition coefficient (Wildman–Crippen LogP) is 1.41. The zero-order valence-corrected chi connectivity index (χ0v) is 9.97. The van der Waals surface area contributed by atoms with E-state index in [4.69, 9.17) is 15.5 Å². The summed E-state index contributed by atoms with van der Waals surface area (Å²) in [5.74, 6) is -0.690. The van der Waals surface area contributed by atoms with Gasteiger partial charge in [-0.1, -0.05) is 12.1 Å². The Morgan fingerprint density at radius 1 is 1.39 bits per heavy atom. The summed E-state index contributed by atoms with van der Waals surface area (Å²) in [6.45, 7) is 1.64. The van der Waals surface area contributed by atoms with Crippen molar-refractivity contribution in [2.45, 2.75) is 13.3 Å². The van der Waals surface area contributed by atoms with Crippen LogP contribution >= 0.6 is 0 Å². The van der Waals surface area contributed by atoms with Crippen LogP contribution in [0.5, 0.6) is 5.75 Å². The van der Waals surface area contributed by atoms with E-state index in [1.165, 1.54) is 6.92 Å². The second-order valence-corrected chi connectivity index (χ2v) is 3.74. The van der Waals surface area contributed by atoms with Gasteiger partial charge in [0.05, 0.1) is 0 Å². The number of aromatic hydroxyl groups is 1. The van der Waals surface area contributed by atoms with Gasteiger partial charge in [0.1, 0.15) is 17.6 Å². The summed E-state index contributed by atoms with van der Waals surface area (Å²) >= 11 is 0. The maximum Gasteiger partial charge on any atom is 0.265 e. The summed E-state index contributed by atoms with van der Waals surface area (Å²) in [6, 6.07) is 8.27. The van der Waals surface area contributed by atoms with Gasteiger partial charge >= 0.3 is 0 Å².